The van der Waals surface area contributed by atoms with Gasteiger partial charge >= 0.3 is 5.97 Å². The van der Waals surface area contributed by atoms with Crippen molar-refractivity contribution in [2.75, 3.05) is 12.3 Å². The molecule has 0 saturated heterocycles. The minimum absolute atomic E-state index is 0.0613. The fourth-order valence-corrected chi connectivity index (χ4v) is 1.38. The summed E-state index contributed by atoms with van der Waals surface area (Å²) in [5, 5.41) is 9.23. The maximum Gasteiger partial charge on any atom is 0.339 e. The van der Waals surface area contributed by atoms with Crippen LogP contribution in [-0.2, 0) is 4.74 Å². The molecular formula is C9H10BrNO3. The molecule has 1 aromatic carbocycles. The topological polar surface area (TPSA) is 72.5 Å². The highest BCUT2D eigenvalue weighted by Crippen LogP contribution is 2.29. The Kier molecular flexibility index (Phi) is 3.35. The number of phenolic OH excluding ortho intramolecular Hbond substituents is 1. The Bertz CT molecular complexity index is 365. The van der Waals surface area contributed by atoms with Crippen LogP contribution in [0.15, 0.2) is 16.6 Å². The summed E-state index contributed by atoms with van der Waals surface area (Å²) in [4.78, 5) is 11.4. The summed E-state index contributed by atoms with van der Waals surface area (Å²) in [6.07, 6.45) is 0. The lowest BCUT2D eigenvalue weighted by atomic mass is 10.2. The van der Waals surface area contributed by atoms with E-state index in [9.17, 15) is 9.90 Å². The summed E-state index contributed by atoms with van der Waals surface area (Å²) in [6, 6.07) is 2.66. The van der Waals surface area contributed by atoms with E-state index in [0.717, 1.165) is 0 Å². The number of halogens is 1. The molecule has 0 aromatic heterocycles. The van der Waals surface area contributed by atoms with E-state index in [0.29, 0.717) is 10.2 Å². The van der Waals surface area contributed by atoms with Crippen molar-refractivity contribution in [1.82, 2.24) is 0 Å². The van der Waals surface area contributed by atoms with Crippen LogP contribution in [0.1, 0.15) is 17.3 Å². The molecule has 0 aliphatic rings. The van der Waals surface area contributed by atoms with E-state index in [1.54, 1.807) is 6.92 Å². The number of rotatable bonds is 2. The Morgan fingerprint density at radius 1 is 1.64 bits per heavy atom. The van der Waals surface area contributed by atoms with Crippen LogP contribution in [0.2, 0.25) is 0 Å². The minimum atomic E-state index is -0.512. The predicted octanol–water partition coefficient (Wildman–Crippen LogP) is 1.91. The molecule has 5 heteroatoms. The van der Waals surface area contributed by atoms with Crippen LogP contribution in [0.25, 0.3) is 0 Å². The van der Waals surface area contributed by atoms with Crippen LogP contribution in [0, 0.1) is 0 Å². The molecule has 76 valence electrons. The Hall–Kier alpha value is -1.23. The second kappa shape index (κ2) is 4.32. The van der Waals surface area contributed by atoms with Crippen LogP contribution in [0.4, 0.5) is 5.69 Å². The van der Waals surface area contributed by atoms with Gasteiger partial charge in [-0.05, 0) is 28.9 Å². The number of carbonyl (C=O) groups is 1. The SMILES string of the molecule is CCOC(=O)c1cc(O)cc(N)c1Br. The molecule has 0 atom stereocenters. The fraction of sp³-hybridized carbons (Fsp3) is 0.222. The quantitative estimate of drug-likeness (QED) is 0.629. The molecule has 1 aromatic rings. The highest BCUT2D eigenvalue weighted by Gasteiger charge is 2.14. The molecular weight excluding hydrogens is 250 g/mol. The highest BCUT2D eigenvalue weighted by molar-refractivity contribution is 9.10. The third kappa shape index (κ3) is 2.17. The summed E-state index contributed by atoms with van der Waals surface area (Å²) in [6.45, 7) is 1.98. The molecule has 0 radical (unpaired) electrons. The minimum Gasteiger partial charge on any atom is -0.508 e. The number of anilines is 1. The number of carbonyl (C=O) groups excluding carboxylic acids is 1. The first kappa shape index (κ1) is 10.8. The van der Waals surface area contributed by atoms with Gasteiger partial charge in [0, 0.05) is 6.07 Å². The van der Waals surface area contributed by atoms with E-state index < -0.39 is 5.97 Å². The molecule has 0 spiro atoms. The molecule has 4 nitrogen and oxygen atoms in total. The van der Waals surface area contributed by atoms with Crippen molar-refractivity contribution in [2.24, 2.45) is 0 Å². The van der Waals surface area contributed by atoms with Crippen LogP contribution >= 0.6 is 15.9 Å². The van der Waals surface area contributed by atoms with Crippen molar-refractivity contribution < 1.29 is 14.6 Å². The molecule has 0 fully saturated rings. The lowest BCUT2D eigenvalue weighted by Crippen LogP contribution is -2.06. The van der Waals surface area contributed by atoms with Crippen LogP contribution in [0.5, 0.6) is 5.75 Å². The van der Waals surface area contributed by atoms with Crippen molar-refractivity contribution in [3.63, 3.8) is 0 Å². The molecule has 0 aliphatic carbocycles. The summed E-state index contributed by atoms with van der Waals surface area (Å²) in [5.74, 6) is -0.573. The second-order valence-electron chi connectivity index (χ2n) is 2.62. The largest absolute Gasteiger partial charge is 0.508 e. The van der Waals surface area contributed by atoms with E-state index in [4.69, 9.17) is 10.5 Å². The van der Waals surface area contributed by atoms with Crippen LogP contribution < -0.4 is 5.73 Å². The van der Waals surface area contributed by atoms with E-state index in [-0.39, 0.29) is 17.9 Å². The molecule has 0 aliphatic heterocycles. The normalized spacial score (nSPS) is 9.86. The number of phenols is 1. The Balaban J connectivity index is 3.13. The molecule has 0 unspecified atom stereocenters. The first-order chi connectivity index (χ1) is 6.56. The van der Waals surface area contributed by atoms with Gasteiger partial charge in [-0.25, -0.2) is 4.79 Å². The van der Waals surface area contributed by atoms with E-state index >= 15 is 0 Å². The number of nitrogen functional groups attached to an aromatic ring is 1. The molecule has 0 saturated carbocycles. The lowest BCUT2D eigenvalue weighted by molar-refractivity contribution is 0.0525. The molecule has 0 heterocycles. The van der Waals surface area contributed by atoms with Gasteiger partial charge in [-0.1, -0.05) is 0 Å². The standard InChI is InChI=1S/C9H10BrNO3/c1-2-14-9(13)6-3-5(12)4-7(11)8(6)10/h3-4,12H,2,11H2,1H3. The van der Waals surface area contributed by atoms with Gasteiger partial charge in [0.1, 0.15) is 5.75 Å². The fourth-order valence-electron chi connectivity index (χ4n) is 0.988. The molecule has 3 N–H and O–H groups in total. The highest BCUT2D eigenvalue weighted by atomic mass is 79.9. The monoisotopic (exact) mass is 259 g/mol. The first-order valence-electron chi connectivity index (χ1n) is 4.01. The summed E-state index contributed by atoms with van der Waals surface area (Å²) < 4.78 is 5.22. The van der Waals surface area contributed by atoms with Crippen molar-refractivity contribution in [2.45, 2.75) is 6.92 Å². The van der Waals surface area contributed by atoms with E-state index in [1.165, 1.54) is 12.1 Å². The van der Waals surface area contributed by atoms with Crippen LogP contribution in [-0.4, -0.2) is 17.7 Å². The van der Waals surface area contributed by atoms with Gasteiger partial charge in [-0.2, -0.15) is 0 Å². The zero-order chi connectivity index (χ0) is 10.7. The average Bonchev–Trinajstić information content (AvgIpc) is 2.11. The van der Waals surface area contributed by atoms with Gasteiger partial charge in [0.05, 0.1) is 22.3 Å². The maximum absolute atomic E-state index is 11.4. The van der Waals surface area contributed by atoms with Crippen molar-refractivity contribution in [1.29, 1.82) is 0 Å². The number of nitrogens with two attached hydrogens (primary N) is 1. The molecule has 1 rings (SSSR count). The molecule has 0 bridgehead atoms. The summed E-state index contributed by atoms with van der Waals surface area (Å²) in [5.41, 5.74) is 6.07. The predicted molar refractivity (Wildman–Crippen MR) is 56.2 cm³/mol. The lowest BCUT2D eigenvalue weighted by Gasteiger charge is -2.06. The van der Waals surface area contributed by atoms with Crippen molar-refractivity contribution in [3.05, 3.63) is 22.2 Å². The summed E-state index contributed by atoms with van der Waals surface area (Å²) in [7, 11) is 0. The van der Waals surface area contributed by atoms with Crippen molar-refractivity contribution in [3.8, 4) is 5.75 Å². The van der Waals surface area contributed by atoms with Crippen LogP contribution in [0.3, 0.4) is 0 Å². The van der Waals surface area contributed by atoms with Gasteiger partial charge in [-0.15, -0.1) is 0 Å². The smallest absolute Gasteiger partial charge is 0.339 e. The van der Waals surface area contributed by atoms with Gasteiger partial charge in [0.25, 0.3) is 0 Å². The zero-order valence-corrected chi connectivity index (χ0v) is 9.17. The third-order valence-corrected chi connectivity index (χ3v) is 2.47. The zero-order valence-electron chi connectivity index (χ0n) is 7.58. The van der Waals surface area contributed by atoms with E-state index in [2.05, 4.69) is 15.9 Å². The number of ether oxygens (including phenoxy) is 1. The number of hydrogen-bond donors (Lipinski definition) is 2. The Morgan fingerprint density at radius 2 is 2.29 bits per heavy atom. The number of benzene rings is 1. The van der Waals surface area contributed by atoms with Gasteiger partial charge in [-0.3, -0.25) is 0 Å². The number of esters is 1. The Morgan fingerprint density at radius 3 is 2.86 bits per heavy atom. The molecule has 0 amide bonds. The summed E-state index contributed by atoms with van der Waals surface area (Å²) >= 11 is 3.15. The first-order valence-corrected chi connectivity index (χ1v) is 4.80. The number of hydrogen-bond acceptors (Lipinski definition) is 4. The second-order valence-corrected chi connectivity index (χ2v) is 3.41. The van der Waals surface area contributed by atoms with Crippen molar-refractivity contribution >= 4 is 27.6 Å². The number of aromatic hydroxyl groups is 1. The van der Waals surface area contributed by atoms with Gasteiger partial charge in [0.15, 0.2) is 0 Å². The van der Waals surface area contributed by atoms with Gasteiger partial charge < -0.3 is 15.6 Å². The maximum atomic E-state index is 11.4. The Labute approximate surface area is 89.8 Å². The third-order valence-electron chi connectivity index (χ3n) is 1.58. The van der Waals surface area contributed by atoms with E-state index in [1.807, 2.05) is 0 Å². The van der Waals surface area contributed by atoms with Gasteiger partial charge in [0.2, 0.25) is 0 Å². The average molecular weight is 260 g/mol. The molecule has 14 heavy (non-hydrogen) atoms.